The van der Waals surface area contributed by atoms with Crippen LogP contribution < -0.4 is 20.9 Å². The number of hydrogen-bond donors (Lipinski definition) is 3. The molecule has 2 aliphatic rings. The third-order valence-corrected chi connectivity index (χ3v) is 6.00. The van der Waals surface area contributed by atoms with Crippen molar-refractivity contribution in [3.63, 3.8) is 0 Å². The van der Waals surface area contributed by atoms with Crippen LogP contribution in [0.5, 0.6) is 5.75 Å². The number of benzene rings is 1. The normalized spacial score (nSPS) is 23.5. The van der Waals surface area contributed by atoms with Gasteiger partial charge in [-0.15, -0.1) is 0 Å². The molecule has 1 aliphatic heterocycles. The van der Waals surface area contributed by atoms with Crippen molar-refractivity contribution in [2.24, 2.45) is 0 Å². The molecule has 29 heavy (non-hydrogen) atoms. The van der Waals surface area contributed by atoms with Crippen LogP contribution in [0.1, 0.15) is 57.7 Å². The van der Waals surface area contributed by atoms with E-state index in [1.54, 1.807) is 12.1 Å². The van der Waals surface area contributed by atoms with Crippen molar-refractivity contribution < 1.29 is 14.3 Å². The van der Waals surface area contributed by atoms with E-state index in [0.717, 1.165) is 11.3 Å². The number of aryl methyl sites for hydroxylation is 2. The van der Waals surface area contributed by atoms with Gasteiger partial charge in [-0.05, 0) is 63.3 Å². The predicted octanol–water partition coefficient (Wildman–Crippen LogP) is 2.23. The van der Waals surface area contributed by atoms with E-state index >= 15 is 0 Å². The van der Waals surface area contributed by atoms with Crippen molar-refractivity contribution in [2.45, 2.75) is 51.2 Å². The number of carbonyl (C=O) groups is 2. The van der Waals surface area contributed by atoms with Gasteiger partial charge in [-0.2, -0.15) is 0 Å². The topological polar surface area (TPSA) is 100 Å². The molecule has 1 aromatic carbocycles. The van der Waals surface area contributed by atoms with Crippen LogP contribution in [0.25, 0.3) is 0 Å². The standard InChI is InChI=1S/C22H25N3O4/c1-13-11-17(20(27)24-14(13)2)21(28)25-15-7-9-22(10-8-15)12-23-19(26)16-5-3-4-6-18(16)29-22/h3-6,11,15H,7-10,12H2,1-2H3,(H,23,26)(H,24,27)(H,25,28). The first kappa shape index (κ1) is 19.2. The average molecular weight is 395 g/mol. The molecule has 1 spiro atoms. The lowest BCUT2D eigenvalue weighted by molar-refractivity contribution is 0.0261. The second kappa shape index (κ2) is 7.39. The average Bonchev–Trinajstić information content (AvgIpc) is 2.84. The van der Waals surface area contributed by atoms with E-state index in [9.17, 15) is 14.4 Å². The van der Waals surface area contributed by atoms with E-state index in [-0.39, 0.29) is 29.0 Å². The Morgan fingerprint density at radius 1 is 1.17 bits per heavy atom. The van der Waals surface area contributed by atoms with Crippen LogP contribution >= 0.6 is 0 Å². The lowest BCUT2D eigenvalue weighted by atomic mass is 9.81. The number of aromatic nitrogens is 1. The maximum absolute atomic E-state index is 12.6. The van der Waals surface area contributed by atoms with Gasteiger partial charge in [-0.25, -0.2) is 0 Å². The van der Waals surface area contributed by atoms with Crippen LogP contribution in [0, 0.1) is 13.8 Å². The van der Waals surface area contributed by atoms with Gasteiger partial charge in [0.1, 0.15) is 16.9 Å². The van der Waals surface area contributed by atoms with Gasteiger partial charge in [0.2, 0.25) is 0 Å². The summed E-state index contributed by atoms with van der Waals surface area (Å²) < 4.78 is 6.29. The highest BCUT2D eigenvalue weighted by atomic mass is 16.5. The molecular weight excluding hydrogens is 370 g/mol. The van der Waals surface area contributed by atoms with Gasteiger partial charge in [0.15, 0.2) is 0 Å². The highest BCUT2D eigenvalue weighted by Gasteiger charge is 2.40. The van der Waals surface area contributed by atoms with E-state index in [1.165, 1.54) is 0 Å². The number of ether oxygens (including phenoxy) is 1. The van der Waals surface area contributed by atoms with Crippen molar-refractivity contribution in [2.75, 3.05) is 6.54 Å². The summed E-state index contributed by atoms with van der Waals surface area (Å²) in [6.45, 7) is 4.11. The molecule has 0 unspecified atom stereocenters. The molecule has 0 radical (unpaired) electrons. The Bertz CT molecular complexity index is 1020. The van der Waals surface area contributed by atoms with Crippen LogP contribution in [0.15, 0.2) is 35.1 Å². The summed E-state index contributed by atoms with van der Waals surface area (Å²) in [7, 11) is 0. The van der Waals surface area contributed by atoms with E-state index in [1.807, 2.05) is 32.0 Å². The highest BCUT2D eigenvalue weighted by molar-refractivity contribution is 5.97. The molecule has 152 valence electrons. The minimum Gasteiger partial charge on any atom is -0.485 e. The molecule has 2 amide bonds. The van der Waals surface area contributed by atoms with Crippen LogP contribution in [0.3, 0.4) is 0 Å². The molecule has 1 aliphatic carbocycles. The zero-order valence-corrected chi connectivity index (χ0v) is 16.6. The Morgan fingerprint density at radius 2 is 1.90 bits per heavy atom. The molecule has 0 atom stereocenters. The second-order valence-electron chi connectivity index (χ2n) is 8.03. The minimum absolute atomic E-state index is 0.0352. The molecule has 3 N–H and O–H groups in total. The summed E-state index contributed by atoms with van der Waals surface area (Å²) in [4.78, 5) is 39.8. The molecule has 2 aromatic rings. The number of rotatable bonds is 2. The maximum atomic E-state index is 12.6. The van der Waals surface area contributed by atoms with Crippen molar-refractivity contribution in [1.29, 1.82) is 0 Å². The zero-order chi connectivity index (χ0) is 20.6. The number of pyridine rings is 1. The molecule has 7 heteroatoms. The number of hydrogen-bond acceptors (Lipinski definition) is 4. The minimum atomic E-state index is -0.471. The van der Waals surface area contributed by atoms with Gasteiger partial charge in [0.25, 0.3) is 17.4 Å². The summed E-state index contributed by atoms with van der Waals surface area (Å²) in [5.74, 6) is 0.129. The lowest BCUT2D eigenvalue weighted by Gasteiger charge is -2.39. The van der Waals surface area contributed by atoms with Crippen LogP contribution in [0.4, 0.5) is 0 Å². The number of aromatic amines is 1. The molecule has 2 heterocycles. The molecule has 4 rings (SSSR count). The number of fused-ring (bicyclic) bond motifs is 1. The number of carbonyl (C=O) groups excluding carboxylic acids is 2. The Kier molecular flexibility index (Phi) is 4.90. The molecule has 1 aromatic heterocycles. The van der Waals surface area contributed by atoms with Crippen LogP contribution in [-0.2, 0) is 0 Å². The monoisotopic (exact) mass is 395 g/mol. The van der Waals surface area contributed by atoms with Gasteiger partial charge in [0, 0.05) is 11.7 Å². The summed E-state index contributed by atoms with van der Waals surface area (Å²) >= 11 is 0. The third kappa shape index (κ3) is 3.77. The molecule has 1 fully saturated rings. The van der Waals surface area contributed by atoms with Crippen molar-refractivity contribution in [3.05, 3.63) is 63.1 Å². The van der Waals surface area contributed by atoms with Crippen molar-refractivity contribution in [3.8, 4) is 5.75 Å². The number of amides is 2. The predicted molar refractivity (Wildman–Crippen MR) is 108 cm³/mol. The van der Waals surface area contributed by atoms with Crippen molar-refractivity contribution >= 4 is 11.8 Å². The SMILES string of the molecule is Cc1cc(C(=O)NC2CCC3(CC2)CNC(=O)c2ccccc2O3)c(=O)[nH]c1C. The first-order valence-corrected chi connectivity index (χ1v) is 9.94. The van der Waals surface area contributed by atoms with E-state index in [0.29, 0.717) is 43.5 Å². The van der Waals surface area contributed by atoms with E-state index < -0.39 is 5.60 Å². The fourth-order valence-corrected chi connectivity index (χ4v) is 4.07. The first-order chi connectivity index (χ1) is 13.9. The molecule has 7 nitrogen and oxygen atoms in total. The van der Waals surface area contributed by atoms with Gasteiger partial charge < -0.3 is 20.4 Å². The molecule has 0 bridgehead atoms. The van der Waals surface area contributed by atoms with E-state index in [4.69, 9.17) is 4.74 Å². The fourth-order valence-electron chi connectivity index (χ4n) is 4.07. The number of H-pyrrole nitrogens is 1. The molecule has 0 saturated heterocycles. The smallest absolute Gasteiger partial charge is 0.261 e. The van der Waals surface area contributed by atoms with Crippen LogP contribution in [-0.4, -0.2) is 35.0 Å². The molecular formula is C22H25N3O4. The number of nitrogens with one attached hydrogen (secondary N) is 3. The lowest BCUT2D eigenvalue weighted by Crippen LogP contribution is -2.51. The van der Waals surface area contributed by atoms with Gasteiger partial charge in [-0.3, -0.25) is 14.4 Å². The maximum Gasteiger partial charge on any atom is 0.261 e. The molecule has 1 saturated carbocycles. The zero-order valence-electron chi connectivity index (χ0n) is 16.6. The summed E-state index contributed by atoms with van der Waals surface area (Å²) in [6, 6.07) is 8.86. The fraction of sp³-hybridized carbons (Fsp3) is 0.409. The Labute approximate surface area is 168 Å². The Morgan fingerprint density at radius 3 is 2.66 bits per heavy atom. The van der Waals surface area contributed by atoms with Crippen LogP contribution in [0.2, 0.25) is 0 Å². The summed E-state index contributed by atoms with van der Waals surface area (Å²) in [6.07, 6.45) is 2.84. The van der Waals surface area contributed by atoms with Gasteiger partial charge >= 0.3 is 0 Å². The first-order valence-electron chi connectivity index (χ1n) is 9.94. The van der Waals surface area contributed by atoms with Crippen molar-refractivity contribution in [1.82, 2.24) is 15.6 Å². The Hall–Kier alpha value is -3.09. The van der Waals surface area contributed by atoms with Gasteiger partial charge in [-0.1, -0.05) is 12.1 Å². The largest absolute Gasteiger partial charge is 0.485 e. The third-order valence-electron chi connectivity index (χ3n) is 6.00. The number of para-hydroxylation sites is 1. The second-order valence-corrected chi connectivity index (χ2v) is 8.03. The quantitative estimate of drug-likeness (QED) is 0.726. The summed E-state index contributed by atoms with van der Waals surface area (Å²) in [5.41, 5.74) is 1.48. The highest BCUT2D eigenvalue weighted by Crippen LogP contribution is 2.36. The van der Waals surface area contributed by atoms with Gasteiger partial charge in [0.05, 0.1) is 12.1 Å². The van der Waals surface area contributed by atoms with E-state index in [2.05, 4.69) is 15.6 Å². The Balaban J connectivity index is 1.43. The summed E-state index contributed by atoms with van der Waals surface area (Å²) in [5, 5.41) is 5.95.